The fourth-order valence-corrected chi connectivity index (χ4v) is 3.82. The zero-order chi connectivity index (χ0) is 19.5. The third kappa shape index (κ3) is 3.26. The van der Waals surface area contributed by atoms with E-state index in [4.69, 9.17) is 0 Å². The number of pyridine rings is 1. The Morgan fingerprint density at radius 3 is 1.45 bits per heavy atom. The van der Waals surface area contributed by atoms with Gasteiger partial charge in [0.15, 0.2) is 12.4 Å². The van der Waals surface area contributed by atoms with Crippen LogP contribution in [0.1, 0.15) is 0 Å². The average Bonchev–Trinajstić information content (AvgIpc) is 3.22. The summed E-state index contributed by atoms with van der Waals surface area (Å²) in [4.78, 5) is 3.76. The second kappa shape index (κ2) is 7.61. The lowest BCUT2D eigenvalue weighted by atomic mass is 9.98. The summed E-state index contributed by atoms with van der Waals surface area (Å²) in [6.45, 7) is 0. The molecule has 29 heavy (non-hydrogen) atoms. The van der Waals surface area contributed by atoms with Crippen molar-refractivity contribution in [2.45, 2.75) is 0 Å². The molecule has 0 saturated carbocycles. The van der Waals surface area contributed by atoms with Gasteiger partial charge in [0.25, 0.3) is 0 Å². The average molecular weight is 373 g/mol. The van der Waals surface area contributed by atoms with E-state index in [1.165, 1.54) is 22.3 Å². The molecule has 0 unspecified atom stereocenters. The van der Waals surface area contributed by atoms with Gasteiger partial charge in [-0.2, -0.15) is 4.57 Å². The van der Waals surface area contributed by atoms with Gasteiger partial charge in [0.05, 0.1) is 11.3 Å². The summed E-state index contributed by atoms with van der Waals surface area (Å²) in [5.74, 6) is 0. The number of benzene rings is 3. The van der Waals surface area contributed by atoms with Crippen molar-refractivity contribution in [1.82, 2.24) is 4.98 Å². The van der Waals surface area contributed by atoms with Crippen LogP contribution in [-0.4, -0.2) is 4.98 Å². The van der Waals surface area contributed by atoms with E-state index in [0.29, 0.717) is 0 Å². The summed E-state index contributed by atoms with van der Waals surface area (Å²) in [6.07, 6.45) is 4.22. The smallest absolute Gasteiger partial charge is 0.244 e. The molecule has 0 bridgehead atoms. The van der Waals surface area contributed by atoms with E-state index >= 15 is 0 Å². The van der Waals surface area contributed by atoms with Crippen LogP contribution in [0.4, 0.5) is 0 Å². The van der Waals surface area contributed by atoms with Gasteiger partial charge in [0.1, 0.15) is 5.69 Å². The van der Waals surface area contributed by atoms with Gasteiger partial charge in [-0.15, -0.1) is 0 Å². The van der Waals surface area contributed by atoms with E-state index in [9.17, 15) is 0 Å². The van der Waals surface area contributed by atoms with Gasteiger partial charge in [0, 0.05) is 17.7 Å². The molecule has 5 aromatic rings. The van der Waals surface area contributed by atoms with Crippen LogP contribution in [0, 0.1) is 0 Å². The highest BCUT2D eigenvalue weighted by Gasteiger charge is 2.27. The first-order valence-electron chi connectivity index (χ1n) is 9.81. The molecule has 1 N–H and O–H groups in total. The Labute approximate surface area is 170 Å². The summed E-state index contributed by atoms with van der Waals surface area (Å²) >= 11 is 0. The SMILES string of the molecule is c1ccc(-c2[nH]c(-c3ccccc3)c(-[n+]3ccccc3)c2-c2ccccc2)cc1. The monoisotopic (exact) mass is 373 g/mol. The Bertz CT molecular complexity index is 1110. The third-order valence-corrected chi connectivity index (χ3v) is 5.13. The third-order valence-electron chi connectivity index (χ3n) is 5.13. The predicted molar refractivity (Wildman–Crippen MR) is 119 cm³/mol. The first kappa shape index (κ1) is 17.2. The summed E-state index contributed by atoms with van der Waals surface area (Å²) in [7, 11) is 0. The van der Waals surface area contributed by atoms with Crippen molar-refractivity contribution in [3.05, 3.63) is 122 Å². The number of hydrogen-bond donors (Lipinski definition) is 1. The van der Waals surface area contributed by atoms with Crippen LogP contribution in [0.25, 0.3) is 39.3 Å². The predicted octanol–water partition coefficient (Wildman–Crippen LogP) is 6.29. The minimum atomic E-state index is 1.11. The van der Waals surface area contributed by atoms with E-state index in [0.717, 1.165) is 17.1 Å². The van der Waals surface area contributed by atoms with Crippen molar-refractivity contribution >= 4 is 0 Å². The Morgan fingerprint density at radius 1 is 0.448 bits per heavy atom. The molecule has 0 spiro atoms. The zero-order valence-electron chi connectivity index (χ0n) is 16.0. The molecular formula is C27H21N2+. The highest BCUT2D eigenvalue weighted by Crippen LogP contribution is 2.40. The number of nitrogens with zero attached hydrogens (tertiary/aromatic N) is 1. The molecule has 0 amide bonds. The van der Waals surface area contributed by atoms with Gasteiger partial charge in [0.2, 0.25) is 5.69 Å². The van der Waals surface area contributed by atoms with Crippen molar-refractivity contribution in [2.24, 2.45) is 0 Å². The molecule has 3 aromatic carbocycles. The number of hydrogen-bond acceptors (Lipinski definition) is 0. The minimum absolute atomic E-state index is 1.11. The molecule has 2 heteroatoms. The van der Waals surface area contributed by atoms with Crippen LogP contribution in [-0.2, 0) is 0 Å². The van der Waals surface area contributed by atoms with E-state index in [-0.39, 0.29) is 0 Å². The summed E-state index contributed by atoms with van der Waals surface area (Å²) in [5.41, 5.74) is 8.12. The van der Waals surface area contributed by atoms with Crippen molar-refractivity contribution in [3.63, 3.8) is 0 Å². The van der Waals surface area contributed by atoms with Crippen molar-refractivity contribution in [2.75, 3.05) is 0 Å². The minimum Gasteiger partial charge on any atom is -0.348 e. The summed E-state index contributed by atoms with van der Waals surface area (Å²) in [6, 6.07) is 37.9. The Balaban J connectivity index is 1.89. The van der Waals surface area contributed by atoms with E-state index in [1.807, 2.05) is 6.07 Å². The van der Waals surface area contributed by atoms with Crippen LogP contribution in [0.3, 0.4) is 0 Å². The Morgan fingerprint density at radius 2 is 0.897 bits per heavy atom. The maximum Gasteiger partial charge on any atom is 0.244 e. The van der Waals surface area contributed by atoms with E-state index in [2.05, 4.69) is 125 Å². The molecule has 0 aliphatic heterocycles. The van der Waals surface area contributed by atoms with Crippen LogP contribution in [0.2, 0.25) is 0 Å². The quantitative estimate of drug-likeness (QED) is 0.357. The van der Waals surface area contributed by atoms with Crippen LogP contribution in [0.15, 0.2) is 122 Å². The molecule has 0 fully saturated rings. The molecule has 0 atom stereocenters. The molecule has 2 aromatic heterocycles. The number of rotatable bonds is 4. The lowest BCUT2D eigenvalue weighted by Gasteiger charge is -2.06. The fraction of sp³-hybridized carbons (Fsp3) is 0. The maximum atomic E-state index is 3.76. The van der Waals surface area contributed by atoms with Gasteiger partial charge in [-0.3, -0.25) is 0 Å². The summed E-state index contributed by atoms with van der Waals surface area (Å²) < 4.78 is 2.20. The maximum absolute atomic E-state index is 3.76. The van der Waals surface area contributed by atoms with E-state index in [1.54, 1.807) is 0 Å². The molecule has 2 nitrogen and oxygen atoms in total. The summed E-state index contributed by atoms with van der Waals surface area (Å²) in [5, 5.41) is 0. The topological polar surface area (TPSA) is 19.7 Å². The standard InChI is InChI=1S/C27H21N2/c1-5-13-21(14-6-1)24-25(22-15-7-2-8-16-22)28-26(23-17-9-3-10-18-23)27(24)29-19-11-4-12-20-29/h1-20,28H/q+1. The highest BCUT2D eigenvalue weighted by molar-refractivity contribution is 5.92. The van der Waals surface area contributed by atoms with Crippen molar-refractivity contribution < 1.29 is 4.57 Å². The van der Waals surface area contributed by atoms with Crippen LogP contribution in [0.5, 0.6) is 0 Å². The number of aromatic amines is 1. The highest BCUT2D eigenvalue weighted by atomic mass is 15.0. The fourth-order valence-electron chi connectivity index (χ4n) is 3.82. The van der Waals surface area contributed by atoms with Gasteiger partial charge >= 0.3 is 0 Å². The molecular weight excluding hydrogens is 352 g/mol. The molecule has 2 heterocycles. The van der Waals surface area contributed by atoms with Gasteiger partial charge in [-0.25, -0.2) is 0 Å². The number of aromatic nitrogens is 2. The molecule has 0 aliphatic carbocycles. The first-order valence-corrected chi connectivity index (χ1v) is 9.81. The Hall–Kier alpha value is -3.91. The normalized spacial score (nSPS) is 10.8. The van der Waals surface area contributed by atoms with Gasteiger partial charge in [-0.05, 0) is 11.1 Å². The van der Waals surface area contributed by atoms with Crippen molar-refractivity contribution in [1.29, 1.82) is 0 Å². The zero-order valence-corrected chi connectivity index (χ0v) is 16.0. The molecule has 138 valence electrons. The molecule has 0 radical (unpaired) electrons. The second-order valence-electron chi connectivity index (χ2n) is 6.98. The van der Waals surface area contributed by atoms with Crippen molar-refractivity contribution in [3.8, 4) is 39.3 Å². The Kier molecular flexibility index (Phi) is 4.51. The van der Waals surface area contributed by atoms with Crippen LogP contribution < -0.4 is 4.57 Å². The van der Waals surface area contributed by atoms with Gasteiger partial charge in [-0.1, -0.05) is 97.1 Å². The largest absolute Gasteiger partial charge is 0.348 e. The molecule has 5 rings (SSSR count). The van der Waals surface area contributed by atoms with Crippen LogP contribution >= 0.6 is 0 Å². The molecule has 0 saturated heterocycles. The molecule has 0 aliphatic rings. The number of H-pyrrole nitrogens is 1. The van der Waals surface area contributed by atoms with E-state index < -0.39 is 0 Å². The number of nitrogens with one attached hydrogen (secondary N) is 1. The second-order valence-corrected chi connectivity index (χ2v) is 6.98. The lowest BCUT2D eigenvalue weighted by Crippen LogP contribution is -2.30. The lowest BCUT2D eigenvalue weighted by molar-refractivity contribution is -0.594. The van der Waals surface area contributed by atoms with Gasteiger partial charge < -0.3 is 4.98 Å². The first-order chi connectivity index (χ1) is 14.4.